The lowest BCUT2D eigenvalue weighted by atomic mass is 9.81. The molecule has 3 rings (SSSR count). The number of carboxylic acids is 2. The number of nitrogens with one attached hydrogen (secondary N) is 1. The van der Waals surface area contributed by atoms with Crippen LogP contribution in [0, 0.1) is 0 Å². The van der Waals surface area contributed by atoms with Gasteiger partial charge in [-0.3, -0.25) is 4.79 Å². The fourth-order valence-corrected chi connectivity index (χ4v) is 5.47. The first-order chi connectivity index (χ1) is 23.2. The molecular formula is C26H46N8O16-2. The Morgan fingerprint density at radius 1 is 0.920 bits per heavy atom. The van der Waals surface area contributed by atoms with Gasteiger partial charge in [-0.05, 0) is 26.8 Å². The highest BCUT2D eigenvalue weighted by atomic mass is 16.8. The number of carbonyl (C=O) groups excluding carboxylic acids is 3. The molecule has 2 heterocycles. The Balaban J connectivity index is 0.000000752. The molecule has 0 aromatic heterocycles. The lowest BCUT2D eigenvalue weighted by molar-refractivity contribution is -0.314. The van der Waals surface area contributed by atoms with E-state index in [1.165, 1.54) is 14.0 Å². The van der Waals surface area contributed by atoms with Gasteiger partial charge in [0, 0.05) is 12.0 Å². The number of hydrogen-bond acceptors (Lipinski definition) is 20. The number of aliphatic hydroxyl groups is 7. The summed E-state index contributed by atoms with van der Waals surface area (Å²) >= 11 is 0. The van der Waals surface area contributed by atoms with Crippen LogP contribution in [-0.2, 0) is 33.3 Å². The van der Waals surface area contributed by atoms with Gasteiger partial charge in [0.15, 0.2) is 36.4 Å². The molecule has 0 spiro atoms. The van der Waals surface area contributed by atoms with E-state index in [0.717, 1.165) is 0 Å². The van der Waals surface area contributed by atoms with Gasteiger partial charge in [0.2, 0.25) is 0 Å². The van der Waals surface area contributed by atoms with Crippen molar-refractivity contribution in [2.75, 3.05) is 13.7 Å². The molecule has 0 aromatic rings. The van der Waals surface area contributed by atoms with Crippen molar-refractivity contribution in [3.05, 3.63) is 0 Å². The summed E-state index contributed by atoms with van der Waals surface area (Å²) in [4.78, 5) is 39.3. The molecule has 288 valence electrons. The van der Waals surface area contributed by atoms with Crippen LogP contribution >= 0.6 is 0 Å². The molecule has 24 nitrogen and oxygen atoms in total. The summed E-state index contributed by atoms with van der Waals surface area (Å²) < 4.78 is 22.9. The van der Waals surface area contributed by atoms with Crippen molar-refractivity contribution in [1.82, 2.24) is 5.32 Å². The Morgan fingerprint density at radius 3 is 1.98 bits per heavy atom. The van der Waals surface area contributed by atoms with Crippen LogP contribution in [0.2, 0.25) is 0 Å². The molecule has 3 aliphatic rings. The molecule has 18 N–H and O–H groups in total. The minimum Gasteiger partial charge on any atom is -0.550 e. The number of aldehydes is 1. The number of carboxylic acid groups (broad SMARTS) is 2. The zero-order valence-corrected chi connectivity index (χ0v) is 26.9. The molecule has 0 amide bonds. The van der Waals surface area contributed by atoms with E-state index in [1.54, 1.807) is 0 Å². The fourth-order valence-electron chi connectivity index (χ4n) is 5.47. The third-order valence-corrected chi connectivity index (χ3v) is 8.30. The molecule has 1 saturated carbocycles. The monoisotopic (exact) mass is 726 g/mol. The summed E-state index contributed by atoms with van der Waals surface area (Å²) in [6.45, 7) is 0.620. The first kappa shape index (κ1) is 42.8. The number of likely N-dealkylation sites (N-methyl/N-ethyl adjacent to an activating group) is 1. The molecule has 2 aliphatic heterocycles. The third-order valence-electron chi connectivity index (χ3n) is 8.30. The van der Waals surface area contributed by atoms with Crippen LogP contribution in [-0.4, -0.2) is 177 Å². The van der Waals surface area contributed by atoms with Crippen LogP contribution in [0.25, 0.3) is 0 Å². The summed E-state index contributed by atoms with van der Waals surface area (Å²) in [5.41, 5.74) is 24.3. The summed E-state index contributed by atoms with van der Waals surface area (Å²) in [5.74, 6) is -3.79. The van der Waals surface area contributed by atoms with E-state index < -0.39 is 128 Å². The van der Waals surface area contributed by atoms with Gasteiger partial charge in [-0.1, -0.05) is 0 Å². The lowest BCUT2D eigenvalue weighted by Gasteiger charge is -2.45. The van der Waals surface area contributed by atoms with Gasteiger partial charge in [-0.25, -0.2) is 9.98 Å². The predicted molar refractivity (Wildman–Crippen MR) is 160 cm³/mol. The van der Waals surface area contributed by atoms with Crippen molar-refractivity contribution in [2.45, 2.75) is 117 Å². The molecule has 50 heavy (non-hydrogen) atoms. The first-order valence-corrected chi connectivity index (χ1v) is 15.1. The number of guanidine groups is 2. The number of rotatable bonds is 13. The average Bonchev–Trinajstić information content (AvgIpc) is 3.28. The predicted octanol–water partition coefficient (Wildman–Crippen LogP) is -11.6. The average molecular weight is 727 g/mol. The van der Waals surface area contributed by atoms with Crippen LogP contribution in [0.4, 0.5) is 0 Å². The van der Waals surface area contributed by atoms with Crippen molar-refractivity contribution in [1.29, 1.82) is 0 Å². The maximum absolute atomic E-state index is 12.1. The van der Waals surface area contributed by atoms with Gasteiger partial charge in [0.05, 0.1) is 24.7 Å². The highest BCUT2D eigenvalue weighted by Gasteiger charge is 2.60. The van der Waals surface area contributed by atoms with Crippen LogP contribution in [0.1, 0.15) is 19.8 Å². The van der Waals surface area contributed by atoms with E-state index >= 15 is 0 Å². The van der Waals surface area contributed by atoms with E-state index in [-0.39, 0.29) is 19.1 Å². The Bertz CT molecular complexity index is 1210. The number of nitrogens with zero attached hydrogens (tertiary/aromatic N) is 2. The van der Waals surface area contributed by atoms with Crippen LogP contribution in [0.15, 0.2) is 9.98 Å². The molecule has 0 aromatic carbocycles. The largest absolute Gasteiger partial charge is 0.550 e. The van der Waals surface area contributed by atoms with Gasteiger partial charge in [-0.2, -0.15) is 0 Å². The first-order valence-electron chi connectivity index (χ1n) is 15.1. The lowest BCUT2D eigenvalue weighted by Crippen LogP contribution is -2.66. The zero-order chi connectivity index (χ0) is 38.2. The Labute approximate surface area is 284 Å². The Kier molecular flexibility index (Phi) is 15.6. The number of aliphatic imine (C=N–C) groups is 2. The van der Waals surface area contributed by atoms with E-state index in [9.17, 15) is 60.3 Å². The highest BCUT2D eigenvalue weighted by molar-refractivity contribution is 5.76. The molecule has 1 aliphatic carbocycles. The van der Waals surface area contributed by atoms with Crippen LogP contribution in [0.3, 0.4) is 0 Å². The van der Waals surface area contributed by atoms with Crippen LogP contribution in [0.5, 0.6) is 0 Å². The molecule has 0 unspecified atom stereocenters. The Hall–Kier alpha value is -3.37. The van der Waals surface area contributed by atoms with Gasteiger partial charge in [0.25, 0.3) is 0 Å². The molecule has 0 bridgehead atoms. The molecule has 0 radical (unpaired) electrons. The number of carbonyl (C=O) groups is 3. The fraction of sp³-hybridized carbons (Fsp3) is 0.808. The molecule has 2 saturated heterocycles. The van der Waals surface area contributed by atoms with Crippen molar-refractivity contribution in [3.8, 4) is 0 Å². The number of nitrogens with two attached hydrogens (primary N) is 5. The minimum absolute atomic E-state index is 0.140. The minimum atomic E-state index is -2.38. The van der Waals surface area contributed by atoms with Gasteiger partial charge < -0.3 is 108 Å². The smallest absolute Gasteiger partial charge is 0.188 e. The van der Waals surface area contributed by atoms with Gasteiger partial charge in [0.1, 0.15) is 60.9 Å². The second-order valence-electron chi connectivity index (χ2n) is 11.7. The van der Waals surface area contributed by atoms with Crippen molar-refractivity contribution < 1.29 is 79.3 Å². The SMILES string of the molecule is CN[C@@H]1[C@H](O[C@H]2[C@H](O[C@H]3[C@H](O)[C@@H](O)[C@H](N=C(N)N)[C@@H](O)[C@@H]3N=C(N)N)O[C@@H](C)[C@]2(O)C=O)O[C@@H](CO)[C@H](O)[C@H]1O.N[C@@H](CCC(=O)[O-])C(=O)[O-]. The standard InChI is InChI=1S/C21H39N7O12.C5H9NO4/c1-5-21(36,4-30)16(40-17-9(26-2)13(34)10(31)6(3-29)38-17)18(37-5)39-15-8(28-20(24)25)11(32)7(27-19(22)23)12(33)14(15)35;6-3(5(9)10)1-2-4(7)8/h4-18,26,29,31-36H,3H2,1-2H3,(H4,22,23,27)(H4,24,25,28);3H,1-2,6H2,(H,7,8)(H,9,10)/p-2/t5-,6-,7+,8-,9-,10-,11+,12-,13-,14+,15+,16-,17-,18-,21+;3-/m00/s1. The summed E-state index contributed by atoms with van der Waals surface area (Å²) in [7, 11) is 1.42. The number of hydrogen-bond donors (Lipinski definition) is 13. The quantitative estimate of drug-likeness (QED) is 0.0476. The highest BCUT2D eigenvalue weighted by Crippen LogP contribution is 2.38. The van der Waals surface area contributed by atoms with Crippen molar-refractivity contribution in [2.24, 2.45) is 38.7 Å². The van der Waals surface area contributed by atoms with Crippen LogP contribution < -0.4 is 44.2 Å². The number of ether oxygens (including phenoxy) is 4. The van der Waals surface area contributed by atoms with E-state index in [4.69, 9.17) is 47.6 Å². The molecule has 24 heteroatoms. The van der Waals surface area contributed by atoms with Crippen molar-refractivity contribution in [3.63, 3.8) is 0 Å². The normalized spacial score (nSPS) is 40.4. The number of aliphatic hydroxyl groups excluding tert-OH is 6. The Morgan fingerprint density at radius 2 is 1.50 bits per heavy atom. The van der Waals surface area contributed by atoms with Crippen molar-refractivity contribution >= 4 is 30.1 Å². The molecule has 16 atom stereocenters. The van der Waals surface area contributed by atoms with E-state index in [1.807, 2.05) is 0 Å². The topological polar surface area (TPSA) is 443 Å². The summed E-state index contributed by atoms with van der Waals surface area (Å²) in [5, 5.41) is 96.2. The summed E-state index contributed by atoms with van der Waals surface area (Å²) in [6.07, 6.45) is -17.8. The second-order valence-corrected chi connectivity index (χ2v) is 11.7. The van der Waals surface area contributed by atoms with E-state index in [2.05, 4.69) is 15.3 Å². The second kappa shape index (κ2) is 18.2. The van der Waals surface area contributed by atoms with E-state index in [0.29, 0.717) is 0 Å². The third kappa shape index (κ3) is 9.90. The zero-order valence-electron chi connectivity index (χ0n) is 26.9. The maximum atomic E-state index is 12.1. The molecular weight excluding hydrogens is 680 g/mol. The number of aliphatic carboxylic acids is 2. The molecule has 3 fully saturated rings. The summed E-state index contributed by atoms with van der Waals surface area (Å²) in [6, 6.07) is -5.29. The maximum Gasteiger partial charge on any atom is 0.188 e. The van der Waals surface area contributed by atoms with Gasteiger partial charge in [-0.15, -0.1) is 0 Å². The van der Waals surface area contributed by atoms with Gasteiger partial charge >= 0.3 is 0 Å².